The molecule has 2 aromatic heterocycles. The van der Waals surface area contributed by atoms with Crippen LogP contribution in [0.15, 0.2) is 30.6 Å². The number of rotatable bonds is 6. The lowest BCUT2D eigenvalue weighted by molar-refractivity contribution is -0.116. The van der Waals surface area contributed by atoms with Crippen LogP contribution in [0.3, 0.4) is 0 Å². The van der Waals surface area contributed by atoms with Crippen molar-refractivity contribution in [2.75, 3.05) is 14.1 Å². The number of ketones is 1. The molecule has 24 heavy (non-hydrogen) atoms. The van der Waals surface area contributed by atoms with E-state index < -0.39 is 10.3 Å². The molecule has 0 amide bonds. The lowest BCUT2D eigenvalue weighted by Gasteiger charge is -2.14. The first-order chi connectivity index (χ1) is 11.2. The number of carbonyl (C=O) groups is 1. The number of hydrogen-bond donors (Lipinski definition) is 0. The highest BCUT2D eigenvalue weighted by atomic mass is 32.2. The zero-order valence-electron chi connectivity index (χ0n) is 14.0. The van der Waals surface area contributed by atoms with Crippen molar-refractivity contribution in [2.45, 2.75) is 20.3 Å². The summed E-state index contributed by atoms with van der Waals surface area (Å²) in [6, 6.07) is 5.15. The van der Waals surface area contributed by atoms with Crippen LogP contribution in [0.4, 0.5) is 0 Å². The third kappa shape index (κ3) is 4.36. The van der Waals surface area contributed by atoms with Crippen LogP contribution in [0.25, 0.3) is 11.1 Å². The van der Waals surface area contributed by atoms with E-state index in [1.54, 1.807) is 37.5 Å². The van der Waals surface area contributed by atoms with Gasteiger partial charge in [-0.2, -0.15) is 12.7 Å². The standard InChI is InChI=1S/C16H19N3O4S/c1-11(20)7-15-8-13(5-6-17-15)14-9-16(12(2)18-10-14)23-24(21,22)19(3)4/h5-6,8-10H,7H2,1-4H3. The minimum atomic E-state index is -3.86. The summed E-state index contributed by atoms with van der Waals surface area (Å²) in [5.41, 5.74) is 2.56. The van der Waals surface area contributed by atoms with Gasteiger partial charge in [0.15, 0.2) is 5.75 Å². The Morgan fingerprint density at radius 1 is 1.21 bits per heavy atom. The van der Waals surface area contributed by atoms with E-state index in [1.165, 1.54) is 21.0 Å². The predicted octanol–water partition coefficient (Wildman–Crippen LogP) is 1.77. The molecule has 0 fully saturated rings. The van der Waals surface area contributed by atoms with E-state index in [0.29, 0.717) is 17.0 Å². The highest BCUT2D eigenvalue weighted by Gasteiger charge is 2.18. The molecular weight excluding hydrogens is 330 g/mol. The summed E-state index contributed by atoms with van der Waals surface area (Å²) >= 11 is 0. The van der Waals surface area contributed by atoms with Crippen molar-refractivity contribution in [2.24, 2.45) is 0 Å². The molecule has 0 spiro atoms. The number of nitrogens with zero attached hydrogens (tertiary/aromatic N) is 3. The monoisotopic (exact) mass is 349 g/mol. The highest BCUT2D eigenvalue weighted by molar-refractivity contribution is 7.84. The lowest BCUT2D eigenvalue weighted by atomic mass is 10.1. The molecule has 2 rings (SSSR count). The van der Waals surface area contributed by atoms with Gasteiger partial charge in [0, 0.05) is 44.2 Å². The van der Waals surface area contributed by atoms with Gasteiger partial charge in [-0.3, -0.25) is 14.8 Å². The molecule has 0 unspecified atom stereocenters. The van der Waals surface area contributed by atoms with E-state index in [-0.39, 0.29) is 18.0 Å². The average molecular weight is 349 g/mol. The predicted molar refractivity (Wildman–Crippen MR) is 89.8 cm³/mol. The Kier molecular flexibility index (Phi) is 5.30. The van der Waals surface area contributed by atoms with Gasteiger partial charge in [0.05, 0.1) is 5.69 Å². The van der Waals surface area contributed by atoms with Gasteiger partial charge in [0.25, 0.3) is 0 Å². The normalized spacial score (nSPS) is 11.5. The Balaban J connectivity index is 2.39. The van der Waals surface area contributed by atoms with Gasteiger partial charge in [-0.25, -0.2) is 0 Å². The van der Waals surface area contributed by atoms with E-state index in [9.17, 15) is 13.2 Å². The number of aromatic nitrogens is 2. The summed E-state index contributed by atoms with van der Waals surface area (Å²) in [6.45, 7) is 3.16. The molecule has 0 saturated carbocycles. The fourth-order valence-electron chi connectivity index (χ4n) is 1.95. The van der Waals surface area contributed by atoms with E-state index in [4.69, 9.17) is 4.18 Å². The average Bonchev–Trinajstić information content (AvgIpc) is 2.48. The molecule has 0 aliphatic heterocycles. The van der Waals surface area contributed by atoms with E-state index >= 15 is 0 Å². The summed E-state index contributed by atoms with van der Waals surface area (Å²) in [7, 11) is -1.08. The number of aryl methyl sites for hydroxylation is 1. The molecule has 0 atom stereocenters. The van der Waals surface area contributed by atoms with Crippen molar-refractivity contribution in [3.8, 4) is 16.9 Å². The molecule has 8 heteroatoms. The SMILES string of the molecule is CC(=O)Cc1cc(-c2cnc(C)c(OS(=O)(=O)N(C)C)c2)ccn1. The zero-order chi connectivity index (χ0) is 17.9. The zero-order valence-corrected chi connectivity index (χ0v) is 14.8. The van der Waals surface area contributed by atoms with Crippen molar-refractivity contribution >= 4 is 16.1 Å². The van der Waals surface area contributed by atoms with E-state index in [1.807, 2.05) is 0 Å². The molecule has 0 aliphatic rings. The summed E-state index contributed by atoms with van der Waals surface area (Å²) in [4.78, 5) is 19.6. The lowest BCUT2D eigenvalue weighted by Crippen LogP contribution is -2.27. The number of pyridine rings is 2. The Hall–Kier alpha value is -2.32. The highest BCUT2D eigenvalue weighted by Crippen LogP contribution is 2.26. The third-order valence-electron chi connectivity index (χ3n) is 3.26. The molecule has 2 heterocycles. The fourth-order valence-corrected chi connectivity index (χ4v) is 2.50. The van der Waals surface area contributed by atoms with Crippen molar-refractivity contribution < 1.29 is 17.4 Å². The van der Waals surface area contributed by atoms with Crippen LogP contribution < -0.4 is 4.18 Å². The largest absolute Gasteiger partial charge is 0.384 e. The number of Topliss-reactive ketones (excluding diaryl/α,β-unsaturated/α-hetero) is 1. The molecule has 128 valence electrons. The van der Waals surface area contributed by atoms with Crippen LogP contribution in [-0.2, 0) is 21.5 Å². The minimum absolute atomic E-state index is 0.0165. The first-order valence-corrected chi connectivity index (χ1v) is 8.59. The van der Waals surface area contributed by atoms with Gasteiger partial charge in [-0.1, -0.05) is 0 Å². The molecule has 0 radical (unpaired) electrons. The third-order valence-corrected chi connectivity index (χ3v) is 4.55. The van der Waals surface area contributed by atoms with Gasteiger partial charge in [0.2, 0.25) is 0 Å². The Bertz CT molecular complexity index is 863. The second-order valence-electron chi connectivity index (χ2n) is 5.55. The molecule has 0 saturated heterocycles. The molecule has 2 aromatic rings. The van der Waals surface area contributed by atoms with E-state index in [0.717, 1.165) is 9.87 Å². The van der Waals surface area contributed by atoms with Gasteiger partial charge < -0.3 is 4.18 Å². The first kappa shape index (κ1) is 18.0. The van der Waals surface area contributed by atoms with Crippen LogP contribution >= 0.6 is 0 Å². The van der Waals surface area contributed by atoms with Crippen LogP contribution in [-0.4, -0.2) is 42.6 Å². The van der Waals surface area contributed by atoms with Crippen LogP contribution in [0, 0.1) is 6.92 Å². The number of hydrogen-bond acceptors (Lipinski definition) is 6. The van der Waals surface area contributed by atoms with Gasteiger partial charge >= 0.3 is 10.3 Å². The molecular formula is C16H19N3O4S. The maximum atomic E-state index is 11.9. The van der Waals surface area contributed by atoms with Crippen molar-refractivity contribution in [1.29, 1.82) is 0 Å². The summed E-state index contributed by atoms with van der Waals surface area (Å²) < 4.78 is 29.9. The summed E-state index contributed by atoms with van der Waals surface area (Å²) in [6.07, 6.45) is 3.47. The Morgan fingerprint density at radius 3 is 2.54 bits per heavy atom. The topological polar surface area (TPSA) is 89.5 Å². The first-order valence-electron chi connectivity index (χ1n) is 7.22. The quantitative estimate of drug-likeness (QED) is 0.789. The summed E-state index contributed by atoms with van der Waals surface area (Å²) in [5.74, 6) is 0.175. The van der Waals surface area contributed by atoms with Gasteiger partial charge in [-0.05, 0) is 37.6 Å². The summed E-state index contributed by atoms with van der Waals surface area (Å²) in [5, 5.41) is 0. The fraction of sp³-hybridized carbons (Fsp3) is 0.312. The van der Waals surface area contributed by atoms with Crippen molar-refractivity contribution in [3.63, 3.8) is 0 Å². The van der Waals surface area contributed by atoms with Crippen molar-refractivity contribution in [1.82, 2.24) is 14.3 Å². The smallest absolute Gasteiger partial charge is 0.369 e. The second-order valence-corrected chi connectivity index (χ2v) is 7.30. The van der Waals surface area contributed by atoms with Gasteiger partial charge in [0.1, 0.15) is 5.78 Å². The van der Waals surface area contributed by atoms with Crippen LogP contribution in [0.1, 0.15) is 18.3 Å². The van der Waals surface area contributed by atoms with Crippen LogP contribution in [0.2, 0.25) is 0 Å². The minimum Gasteiger partial charge on any atom is -0.369 e. The molecule has 0 bridgehead atoms. The van der Waals surface area contributed by atoms with Crippen LogP contribution in [0.5, 0.6) is 5.75 Å². The Morgan fingerprint density at radius 2 is 1.92 bits per heavy atom. The second kappa shape index (κ2) is 7.06. The molecule has 0 N–H and O–H groups in total. The number of carbonyl (C=O) groups excluding carboxylic acids is 1. The molecule has 7 nitrogen and oxygen atoms in total. The maximum absolute atomic E-state index is 11.9. The van der Waals surface area contributed by atoms with E-state index in [2.05, 4.69) is 9.97 Å². The van der Waals surface area contributed by atoms with Crippen molar-refractivity contribution in [3.05, 3.63) is 42.0 Å². The molecule has 0 aliphatic carbocycles. The Labute approximate surface area is 141 Å². The van der Waals surface area contributed by atoms with Gasteiger partial charge in [-0.15, -0.1) is 0 Å². The maximum Gasteiger partial charge on any atom is 0.384 e. The molecule has 0 aromatic carbocycles.